The lowest BCUT2D eigenvalue weighted by molar-refractivity contribution is 0.0692. The molecule has 1 rings (SSSR count). The van der Waals surface area contributed by atoms with E-state index in [1.54, 1.807) is 18.6 Å². The summed E-state index contributed by atoms with van der Waals surface area (Å²) in [7, 11) is -4.29. The third-order valence-corrected chi connectivity index (χ3v) is 3.54. The van der Waals surface area contributed by atoms with Gasteiger partial charge in [0.05, 0.1) is 12.2 Å². The van der Waals surface area contributed by atoms with Crippen molar-refractivity contribution in [2.75, 3.05) is 6.61 Å². The largest absolute Gasteiger partial charge is 0.478 e. The van der Waals surface area contributed by atoms with Gasteiger partial charge in [-0.1, -0.05) is 26.0 Å². The molecular weight excluding hydrogens is 286 g/mol. The minimum atomic E-state index is -4.29. The summed E-state index contributed by atoms with van der Waals surface area (Å²) in [5.41, 5.74) is -0.420. The lowest BCUT2D eigenvalue weighted by Crippen LogP contribution is -2.32. The highest BCUT2D eigenvalue weighted by Crippen LogP contribution is 2.15. The Hall–Kier alpha value is -2.09. The second-order valence-electron chi connectivity index (χ2n) is 4.40. The number of rotatable bonds is 5. The number of nitrogens with one attached hydrogen (secondary N) is 1. The maximum Gasteiger partial charge on any atom is 0.421 e. The summed E-state index contributed by atoms with van der Waals surface area (Å²) in [6.45, 7) is 3.64. The zero-order valence-corrected chi connectivity index (χ0v) is 11.8. The van der Waals surface area contributed by atoms with Crippen LogP contribution in [0.25, 0.3) is 0 Å². The average Bonchev–Trinajstić information content (AvgIpc) is 2.36. The maximum absolute atomic E-state index is 11.9. The van der Waals surface area contributed by atoms with E-state index in [-0.39, 0.29) is 12.5 Å². The molecule has 0 spiro atoms. The molecule has 0 bridgehead atoms. The summed E-state index contributed by atoms with van der Waals surface area (Å²) < 4.78 is 30.2. The molecule has 2 N–H and O–H groups in total. The summed E-state index contributed by atoms with van der Waals surface area (Å²) in [6.07, 6.45) is -1.14. The first-order chi connectivity index (χ1) is 9.24. The molecule has 0 aliphatic rings. The summed E-state index contributed by atoms with van der Waals surface area (Å²) >= 11 is 0. The first kappa shape index (κ1) is 16.0. The number of carbonyl (C=O) groups excluding carboxylic acids is 1. The third kappa shape index (κ3) is 4.23. The fourth-order valence-electron chi connectivity index (χ4n) is 1.31. The fourth-order valence-corrected chi connectivity index (χ4v) is 2.41. The number of carboxylic acid groups (broad SMARTS) is 1. The molecule has 0 saturated carbocycles. The Labute approximate surface area is 116 Å². The summed E-state index contributed by atoms with van der Waals surface area (Å²) in [5, 5.41) is 8.93. The first-order valence-corrected chi connectivity index (χ1v) is 7.24. The summed E-state index contributed by atoms with van der Waals surface area (Å²) in [6, 6.07) is 4.98. The number of hydrogen-bond acceptors (Lipinski definition) is 5. The Kier molecular flexibility index (Phi) is 5.09. The lowest BCUT2D eigenvalue weighted by Gasteiger charge is -2.10. The summed E-state index contributed by atoms with van der Waals surface area (Å²) in [4.78, 5) is 21.8. The third-order valence-electron chi connectivity index (χ3n) is 2.17. The summed E-state index contributed by atoms with van der Waals surface area (Å²) in [5.74, 6) is -1.35. The topological polar surface area (TPSA) is 110 Å². The smallest absolute Gasteiger partial charge is 0.421 e. The maximum atomic E-state index is 11.9. The molecule has 0 heterocycles. The van der Waals surface area contributed by atoms with Crippen LogP contribution in [-0.2, 0) is 14.8 Å². The van der Waals surface area contributed by atoms with Crippen molar-refractivity contribution >= 4 is 22.1 Å². The van der Waals surface area contributed by atoms with E-state index < -0.39 is 32.5 Å². The van der Waals surface area contributed by atoms with Gasteiger partial charge in [-0.05, 0) is 18.1 Å². The van der Waals surface area contributed by atoms with Crippen molar-refractivity contribution in [3.05, 3.63) is 29.8 Å². The van der Waals surface area contributed by atoms with E-state index in [1.165, 1.54) is 12.1 Å². The molecule has 1 amide bonds. The normalized spacial score (nSPS) is 11.2. The predicted octanol–water partition coefficient (Wildman–Crippen LogP) is 1.46. The molecule has 110 valence electrons. The SMILES string of the molecule is CC(C)COC(=O)NS(=O)(=O)c1ccccc1C(=O)O. The van der Waals surface area contributed by atoms with Gasteiger partial charge in [0, 0.05) is 0 Å². The van der Waals surface area contributed by atoms with Crippen LogP contribution in [0.5, 0.6) is 0 Å². The second kappa shape index (κ2) is 6.38. The molecule has 1 aromatic rings. The second-order valence-corrected chi connectivity index (χ2v) is 6.05. The van der Waals surface area contributed by atoms with E-state index >= 15 is 0 Å². The van der Waals surface area contributed by atoms with Gasteiger partial charge >= 0.3 is 12.1 Å². The van der Waals surface area contributed by atoms with Crippen LogP contribution in [0, 0.1) is 5.92 Å². The number of ether oxygens (including phenoxy) is 1. The zero-order chi connectivity index (χ0) is 15.3. The number of sulfonamides is 1. The van der Waals surface area contributed by atoms with Crippen molar-refractivity contribution in [3.8, 4) is 0 Å². The Balaban J connectivity index is 2.95. The molecule has 7 nitrogen and oxygen atoms in total. The van der Waals surface area contributed by atoms with Crippen LogP contribution >= 0.6 is 0 Å². The molecular formula is C12H15NO6S. The molecule has 20 heavy (non-hydrogen) atoms. The van der Waals surface area contributed by atoms with Gasteiger partial charge in [-0.15, -0.1) is 0 Å². The van der Waals surface area contributed by atoms with Gasteiger partial charge in [-0.3, -0.25) is 0 Å². The molecule has 0 radical (unpaired) electrons. The molecule has 0 atom stereocenters. The van der Waals surface area contributed by atoms with Gasteiger partial charge in [0.25, 0.3) is 10.0 Å². The van der Waals surface area contributed by atoms with Crippen LogP contribution < -0.4 is 4.72 Å². The zero-order valence-electron chi connectivity index (χ0n) is 11.0. The Morgan fingerprint density at radius 3 is 2.45 bits per heavy atom. The van der Waals surface area contributed by atoms with Crippen molar-refractivity contribution in [2.45, 2.75) is 18.7 Å². The molecule has 0 aliphatic heterocycles. The predicted molar refractivity (Wildman–Crippen MR) is 69.9 cm³/mol. The van der Waals surface area contributed by atoms with E-state index in [1.807, 2.05) is 0 Å². The Morgan fingerprint density at radius 1 is 1.30 bits per heavy atom. The fraction of sp³-hybridized carbons (Fsp3) is 0.333. The van der Waals surface area contributed by atoms with Crippen molar-refractivity contribution in [1.29, 1.82) is 0 Å². The van der Waals surface area contributed by atoms with Crippen molar-refractivity contribution in [1.82, 2.24) is 4.72 Å². The van der Waals surface area contributed by atoms with Crippen molar-refractivity contribution in [2.24, 2.45) is 5.92 Å². The standard InChI is InChI=1S/C12H15NO6S/c1-8(2)7-19-12(16)13-20(17,18)10-6-4-3-5-9(10)11(14)15/h3-6,8H,7H2,1-2H3,(H,13,16)(H,14,15). The molecule has 1 aromatic carbocycles. The first-order valence-electron chi connectivity index (χ1n) is 5.76. The van der Waals surface area contributed by atoms with Crippen LogP contribution in [0.4, 0.5) is 4.79 Å². The molecule has 0 aliphatic carbocycles. The van der Waals surface area contributed by atoms with Crippen LogP contribution in [0.2, 0.25) is 0 Å². The molecule has 0 saturated heterocycles. The monoisotopic (exact) mass is 301 g/mol. The van der Waals surface area contributed by atoms with Crippen LogP contribution in [-0.4, -0.2) is 32.2 Å². The van der Waals surface area contributed by atoms with Gasteiger partial charge in [-0.2, -0.15) is 0 Å². The van der Waals surface area contributed by atoms with Gasteiger partial charge in [0.15, 0.2) is 0 Å². The highest BCUT2D eigenvalue weighted by molar-refractivity contribution is 7.90. The molecule has 0 fully saturated rings. The van der Waals surface area contributed by atoms with Gasteiger partial charge < -0.3 is 9.84 Å². The number of carboxylic acids is 1. The van der Waals surface area contributed by atoms with Gasteiger partial charge in [0.1, 0.15) is 4.90 Å². The van der Waals surface area contributed by atoms with Crippen LogP contribution in [0.3, 0.4) is 0 Å². The number of aromatic carboxylic acids is 1. The number of amides is 1. The van der Waals surface area contributed by atoms with E-state index in [4.69, 9.17) is 5.11 Å². The Bertz CT molecular complexity index is 608. The average molecular weight is 301 g/mol. The number of benzene rings is 1. The van der Waals surface area contributed by atoms with Gasteiger partial charge in [0.2, 0.25) is 0 Å². The Morgan fingerprint density at radius 2 is 1.90 bits per heavy atom. The quantitative estimate of drug-likeness (QED) is 0.852. The molecule has 0 unspecified atom stereocenters. The van der Waals surface area contributed by atoms with E-state index in [0.717, 1.165) is 12.1 Å². The number of hydrogen-bond donors (Lipinski definition) is 2. The van der Waals surface area contributed by atoms with Crippen LogP contribution in [0.15, 0.2) is 29.2 Å². The van der Waals surface area contributed by atoms with E-state index in [2.05, 4.69) is 4.74 Å². The lowest BCUT2D eigenvalue weighted by atomic mass is 10.2. The van der Waals surface area contributed by atoms with E-state index in [0.29, 0.717) is 0 Å². The minimum Gasteiger partial charge on any atom is -0.478 e. The highest BCUT2D eigenvalue weighted by atomic mass is 32.2. The van der Waals surface area contributed by atoms with E-state index in [9.17, 15) is 18.0 Å². The molecule has 0 aromatic heterocycles. The van der Waals surface area contributed by atoms with Crippen molar-refractivity contribution in [3.63, 3.8) is 0 Å². The van der Waals surface area contributed by atoms with Crippen LogP contribution in [0.1, 0.15) is 24.2 Å². The number of carbonyl (C=O) groups is 2. The highest BCUT2D eigenvalue weighted by Gasteiger charge is 2.24. The van der Waals surface area contributed by atoms with Gasteiger partial charge in [-0.25, -0.2) is 22.7 Å². The molecule has 8 heteroatoms. The van der Waals surface area contributed by atoms with Crippen molar-refractivity contribution < 1.29 is 27.9 Å². The minimum absolute atomic E-state index is 0.0507.